The molecule has 0 atom stereocenters. The molecule has 0 aliphatic heterocycles. The number of nitrogens with zero attached hydrogens (tertiary/aromatic N) is 3. The molecular weight excluding hydrogens is 460 g/mol. The molecule has 3 aromatic rings. The van der Waals surface area contributed by atoms with Gasteiger partial charge in [0.1, 0.15) is 11.6 Å². The predicted octanol–water partition coefficient (Wildman–Crippen LogP) is 7.12. The minimum atomic E-state index is -0.310. The second-order valence-corrected chi connectivity index (χ2v) is 8.97. The lowest BCUT2D eigenvalue weighted by atomic mass is 10.2. The van der Waals surface area contributed by atoms with Crippen LogP contribution < -0.4 is 0 Å². The van der Waals surface area contributed by atoms with Gasteiger partial charge in [0, 0.05) is 38.7 Å². The maximum atomic E-state index is 14.0. The van der Waals surface area contributed by atoms with Crippen LogP contribution in [0.3, 0.4) is 0 Å². The molecule has 0 radical (unpaired) electrons. The third-order valence-corrected chi connectivity index (χ3v) is 7.07. The molecule has 0 N–H and O–H groups in total. The summed E-state index contributed by atoms with van der Waals surface area (Å²) in [5.41, 5.74) is 1.39. The highest BCUT2D eigenvalue weighted by Crippen LogP contribution is 2.31. The summed E-state index contributed by atoms with van der Waals surface area (Å²) in [7, 11) is 0. The smallest absolute Gasteiger partial charge is 0.191 e. The molecule has 1 heterocycles. The molecule has 0 saturated carbocycles. The van der Waals surface area contributed by atoms with E-state index >= 15 is 0 Å². The Morgan fingerprint density at radius 3 is 2.18 bits per heavy atom. The van der Waals surface area contributed by atoms with Crippen molar-refractivity contribution in [3.63, 3.8) is 0 Å². The Bertz CT molecular complexity index is 925. The molecule has 0 bridgehead atoms. The quantitative estimate of drug-likeness (QED) is 0.324. The van der Waals surface area contributed by atoms with Crippen molar-refractivity contribution in [2.24, 2.45) is 0 Å². The largest absolute Gasteiger partial charge is 0.306 e. The topological polar surface area (TPSA) is 30.7 Å². The summed E-state index contributed by atoms with van der Waals surface area (Å²) in [4.78, 5) is 0. The second kappa shape index (κ2) is 10.2. The van der Waals surface area contributed by atoms with E-state index in [0.29, 0.717) is 37.9 Å². The molecule has 3 rings (SSSR count). The Labute approximate surface area is 187 Å². The molecule has 0 aliphatic carbocycles. The molecule has 0 fully saturated rings. The van der Waals surface area contributed by atoms with Gasteiger partial charge in [-0.05, 0) is 36.8 Å². The van der Waals surface area contributed by atoms with Gasteiger partial charge in [-0.25, -0.2) is 4.39 Å². The standard InChI is InChI=1S/C19H17Cl3FN3S2/c1-2-26-18(11-27-9-12-14(20)5-3-6-15(12)21)24-25-19(26)28-10-13-16(22)7-4-8-17(13)23/h3-8H,2,9-11H2,1H3. The van der Waals surface area contributed by atoms with Crippen LogP contribution >= 0.6 is 58.3 Å². The molecule has 0 amide bonds. The summed E-state index contributed by atoms with van der Waals surface area (Å²) in [5, 5.41) is 11.1. The van der Waals surface area contributed by atoms with E-state index in [1.807, 2.05) is 29.7 Å². The fourth-order valence-electron chi connectivity index (χ4n) is 2.57. The van der Waals surface area contributed by atoms with Gasteiger partial charge in [0.15, 0.2) is 5.16 Å². The van der Waals surface area contributed by atoms with Gasteiger partial charge in [0.25, 0.3) is 0 Å². The van der Waals surface area contributed by atoms with Crippen molar-refractivity contribution in [3.05, 3.63) is 74.2 Å². The molecule has 2 aromatic carbocycles. The van der Waals surface area contributed by atoms with E-state index < -0.39 is 0 Å². The van der Waals surface area contributed by atoms with Gasteiger partial charge in [-0.2, -0.15) is 0 Å². The van der Waals surface area contributed by atoms with Crippen LogP contribution in [0.4, 0.5) is 4.39 Å². The first-order valence-electron chi connectivity index (χ1n) is 8.49. The Balaban J connectivity index is 1.65. The van der Waals surface area contributed by atoms with Crippen molar-refractivity contribution in [1.29, 1.82) is 0 Å². The lowest BCUT2D eigenvalue weighted by Gasteiger charge is -2.09. The maximum Gasteiger partial charge on any atom is 0.191 e. The van der Waals surface area contributed by atoms with Crippen molar-refractivity contribution < 1.29 is 4.39 Å². The highest BCUT2D eigenvalue weighted by molar-refractivity contribution is 7.98. The normalized spacial score (nSPS) is 11.2. The minimum absolute atomic E-state index is 0.310. The van der Waals surface area contributed by atoms with Crippen LogP contribution in [0.1, 0.15) is 23.9 Å². The molecule has 9 heteroatoms. The summed E-state index contributed by atoms with van der Waals surface area (Å²) in [6.07, 6.45) is 0. The summed E-state index contributed by atoms with van der Waals surface area (Å²) in [6.45, 7) is 2.76. The Kier molecular flexibility index (Phi) is 7.94. The fourth-order valence-corrected chi connectivity index (χ4v) is 5.64. The van der Waals surface area contributed by atoms with Crippen LogP contribution in [-0.4, -0.2) is 14.8 Å². The summed E-state index contributed by atoms with van der Waals surface area (Å²) < 4.78 is 16.0. The summed E-state index contributed by atoms with van der Waals surface area (Å²) in [6, 6.07) is 10.2. The second-order valence-electron chi connectivity index (χ2n) is 5.82. The van der Waals surface area contributed by atoms with Crippen molar-refractivity contribution in [3.8, 4) is 0 Å². The van der Waals surface area contributed by atoms with E-state index in [9.17, 15) is 4.39 Å². The van der Waals surface area contributed by atoms with Crippen molar-refractivity contribution in [2.75, 3.05) is 0 Å². The van der Waals surface area contributed by atoms with Crippen LogP contribution in [0.25, 0.3) is 0 Å². The molecule has 1 aromatic heterocycles. The highest BCUT2D eigenvalue weighted by Gasteiger charge is 2.15. The van der Waals surface area contributed by atoms with Gasteiger partial charge in [0.2, 0.25) is 0 Å². The van der Waals surface area contributed by atoms with Crippen molar-refractivity contribution in [1.82, 2.24) is 14.8 Å². The monoisotopic (exact) mass is 475 g/mol. The zero-order chi connectivity index (χ0) is 20.1. The first-order chi connectivity index (χ1) is 13.5. The van der Waals surface area contributed by atoms with E-state index in [0.717, 1.165) is 23.1 Å². The van der Waals surface area contributed by atoms with Gasteiger partial charge in [-0.1, -0.05) is 58.7 Å². The van der Waals surface area contributed by atoms with Crippen molar-refractivity contribution >= 4 is 58.3 Å². The number of thioether (sulfide) groups is 2. The number of aromatic nitrogens is 3. The zero-order valence-corrected chi connectivity index (χ0v) is 18.9. The summed E-state index contributed by atoms with van der Waals surface area (Å²) >= 11 is 21.6. The van der Waals surface area contributed by atoms with Gasteiger partial charge < -0.3 is 4.57 Å². The van der Waals surface area contributed by atoms with Crippen LogP contribution in [0.15, 0.2) is 41.6 Å². The maximum absolute atomic E-state index is 14.0. The Morgan fingerprint density at radius 1 is 0.893 bits per heavy atom. The number of hydrogen-bond acceptors (Lipinski definition) is 4. The number of hydrogen-bond donors (Lipinski definition) is 0. The number of rotatable bonds is 8. The third kappa shape index (κ3) is 5.16. The third-order valence-electron chi connectivity index (χ3n) is 4.06. The van der Waals surface area contributed by atoms with E-state index in [1.54, 1.807) is 23.9 Å². The molecular formula is C19H17Cl3FN3S2. The molecule has 0 spiro atoms. The number of benzene rings is 2. The fraction of sp³-hybridized carbons (Fsp3) is 0.263. The van der Waals surface area contributed by atoms with Gasteiger partial charge in [-0.15, -0.1) is 22.0 Å². The first-order valence-corrected chi connectivity index (χ1v) is 11.8. The molecule has 3 nitrogen and oxygen atoms in total. The van der Waals surface area contributed by atoms with Crippen LogP contribution in [0, 0.1) is 5.82 Å². The van der Waals surface area contributed by atoms with E-state index in [4.69, 9.17) is 34.8 Å². The molecule has 148 valence electrons. The lowest BCUT2D eigenvalue weighted by Crippen LogP contribution is -2.02. The average Bonchev–Trinajstić information content (AvgIpc) is 3.05. The van der Waals surface area contributed by atoms with Gasteiger partial charge >= 0.3 is 0 Å². The van der Waals surface area contributed by atoms with Gasteiger partial charge in [0.05, 0.1) is 5.75 Å². The average molecular weight is 477 g/mol. The molecule has 28 heavy (non-hydrogen) atoms. The summed E-state index contributed by atoms with van der Waals surface area (Å²) in [5.74, 6) is 2.30. The molecule has 0 aliphatic rings. The minimum Gasteiger partial charge on any atom is -0.306 e. The SMILES string of the molecule is CCn1c(CSCc2c(Cl)cccc2Cl)nnc1SCc1c(F)cccc1Cl. The highest BCUT2D eigenvalue weighted by atomic mass is 35.5. The number of halogens is 4. The van der Waals surface area contributed by atoms with Gasteiger partial charge in [-0.3, -0.25) is 0 Å². The zero-order valence-electron chi connectivity index (χ0n) is 15.0. The lowest BCUT2D eigenvalue weighted by molar-refractivity contribution is 0.617. The van der Waals surface area contributed by atoms with Crippen LogP contribution in [0.5, 0.6) is 0 Å². The molecule has 0 unspecified atom stereocenters. The van der Waals surface area contributed by atoms with Crippen molar-refractivity contribution in [2.45, 2.75) is 35.9 Å². The van der Waals surface area contributed by atoms with Crippen LogP contribution in [0.2, 0.25) is 15.1 Å². The van der Waals surface area contributed by atoms with E-state index in [1.165, 1.54) is 17.8 Å². The van der Waals surface area contributed by atoms with E-state index in [-0.39, 0.29) is 5.82 Å². The van der Waals surface area contributed by atoms with E-state index in [2.05, 4.69) is 10.2 Å². The molecule has 0 saturated heterocycles. The van der Waals surface area contributed by atoms with Crippen LogP contribution in [-0.2, 0) is 23.8 Å². The first kappa shape index (κ1) is 21.8. The Morgan fingerprint density at radius 2 is 1.54 bits per heavy atom. The predicted molar refractivity (Wildman–Crippen MR) is 118 cm³/mol. The Hall–Kier alpha value is -0.920.